The van der Waals surface area contributed by atoms with E-state index in [0.717, 1.165) is 18.0 Å². The monoisotopic (exact) mass is 285 g/mol. The van der Waals surface area contributed by atoms with Crippen LogP contribution in [0.2, 0.25) is 0 Å². The van der Waals surface area contributed by atoms with E-state index in [2.05, 4.69) is 52.4 Å². The maximum Gasteiger partial charge on any atom is 0.119 e. The van der Waals surface area contributed by atoms with Crippen LogP contribution in [-0.2, 0) is 6.54 Å². The molecule has 2 aromatic rings. The van der Waals surface area contributed by atoms with E-state index in [-0.39, 0.29) is 6.04 Å². The Labute approximate surface area is 126 Å². The first-order valence-corrected chi connectivity index (χ1v) is 7.69. The molecule has 1 fully saturated rings. The van der Waals surface area contributed by atoms with Crippen molar-refractivity contribution >= 4 is 0 Å². The molecule has 4 nitrogen and oxygen atoms in total. The van der Waals surface area contributed by atoms with Crippen molar-refractivity contribution in [3.8, 4) is 5.75 Å². The molecule has 0 bridgehead atoms. The molecule has 21 heavy (non-hydrogen) atoms. The number of rotatable bonds is 6. The molecule has 112 valence electrons. The Morgan fingerprint density at radius 2 is 2.05 bits per heavy atom. The fourth-order valence-corrected chi connectivity index (χ4v) is 2.65. The molecule has 1 atom stereocenters. The number of hydrogen-bond donors (Lipinski definition) is 1. The smallest absolute Gasteiger partial charge is 0.119 e. The summed E-state index contributed by atoms with van der Waals surface area (Å²) in [6.45, 7) is 5.04. The van der Waals surface area contributed by atoms with Crippen molar-refractivity contribution in [2.24, 2.45) is 0 Å². The number of nitrogens with one attached hydrogen (secondary N) is 1. The van der Waals surface area contributed by atoms with E-state index < -0.39 is 0 Å². The van der Waals surface area contributed by atoms with E-state index in [4.69, 9.17) is 4.74 Å². The molecule has 1 aromatic heterocycles. The predicted octanol–water partition coefficient (Wildman–Crippen LogP) is 3.06. The van der Waals surface area contributed by atoms with Crippen LogP contribution in [0.15, 0.2) is 30.3 Å². The summed E-state index contributed by atoms with van der Waals surface area (Å²) in [4.78, 5) is 0. The van der Waals surface area contributed by atoms with Crippen LogP contribution >= 0.6 is 0 Å². The molecule has 3 rings (SSSR count). The fraction of sp³-hybridized carbons (Fsp3) is 0.471. The van der Waals surface area contributed by atoms with Crippen LogP contribution in [-0.4, -0.2) is 22.9 Å². The number of aryl methyl sites for hydroxylation is 2. The molecule has 0 amide bonds. The van der Waals surface area contributed by atoms with Crippen LogP contribution in [0.5, 0.6) is 5.75 Å². The number of aromatic nitrogens is 2. The Morgan fingerprint density at radius 3 is 2.62 bits per heavy atom. The van der Waals surface area contributed by atoms with Crippen molar-refractivity contribution in [1.29, 1.82) is 0 Å². The molecule has 0 spiro atoms. The molecule has 0 saturated heterocycles. The van der Waals surface area contributed by atoms with Gasteiger partial charge in [0.2, 0.25) is 0 Å². The summed E-state index contributed by atoms with van der Waals surface area (Å²) in [5.74, 6) is 0.969. The first-order valence-electron chi connectivity index (χ1n) is 7.69. The molecule has 1 unspecified atom stereocenters. The van der Waals surface area contributed by atoms with Gasteiger partial charge in [-0.15, -0.1) is 0 Å². The van der Waals surface area contributed by atoms with Crippen molar-refractivity contribution < 1.29 is 4.74 Å². The zero-order valence-electron chi connectivity index (χ0n) is 13.0. The van der Waals surface area contributed by atoms with Crippen LogP contribution in [0, 0.1) is 6.92 Å². The number of hydrogen-bond acceptors (Lipinski definition) is 3. The van der Waals surface area contributed by atoms with Crippen LogP contribution in [0.25, 0.3) is 0 Å². The highest BCUT2D eigenvalue weighted by molar-refractivity contribution is 5.34. The molecule has 0 aliphatic heterocycles. The molecule has 1 heterocycles. The van der Waals surface area contributed by atoms with E-state index in [1.165, 1.54) is 24.1 Å². The molecule has 4 heteroatoms. The lowest BCUT2D eigenvalue weighted by Gasteiger charge is -2.18. The molecule has 1 aliphatic rings. The summed E-state index contributed by atoms with van der Waals surface area (Å²) in [6, 6.07) is 10.7. The quantitative estimate of drug-likeness (QED) is 0.886. The minimum absolute atomic E-state index is 0.154. The van der Waals surface area contributed by atoms with Crippen LogP contribution in [0.3, 0.4) is 0 Å². The lowest BCUT2D eigenvalue weighted by molar-refractivity contribution is 0.303. The Bertz CT molecular complexity index is 599. The molecule has 1 aromatic carbocycles. The largest absolute Gasteiger partial charge is 0.490 e. The Morgan fingerprint density at radius 1 is 1.33 bits per heavy atom. The second-order valence-corrected chi connectivity index (χ2v) is 5.63. The average molecular weight is 285 g/mol. The second kappa shape index (κ2) is 5.90. The van der Waals surface area contributed by atoms with Crippen LogP contribution in [0.1, 0.15) is 42.8 Å². The van der Waals surface area contributed by atoms with E-state index in [1.54, 1.807) is 0 Å². The third-order valence-electron chi connectivity index (χ3n) is 3.86. The van der Waals surface area contributed by atoms with Crippen LogP contribution < -0.4 is 10.1 Å². The molecular weight excluding hydrogens is 262 g/mol. The van der Waals surface area contributed by atoms with Gasteiger partial charge in [0.15, 0.2) is 0 Å². The van der Waals surface area contributed by atoms with Gasteiger partial charge in [0.05, 0.1) is 23.5 Å². The summed E-state index contributed by atoms with van der Waals surface area (Å²) < 4.78 is 7.87. The summed E-state index contributed by atoms with van der Waals surface area (Å²) in [6.07, 6.45) is 2.83. The standard InChI is InChI=1S/C17H23N3O/c1-4-20-16(11-12(2)19-20)17(18-3)13-5-7-14(8-6-13)21-15-9-10-15/h5-8,11,15,17-18H,4,9-10H2,1-3H3. The number of benzene rings is 1. The SMILES string of the molecule is CCn1nc(C)cc1C(NC)c1ccc(OC2CC2)cc1. The van der Waals surface area contributed by atoms with Gasteiger partial charge in [-0.3, -0.25) is 4.68 Å². The van der Waals surface area contributed by atoms with Crippen LogP contribution in [0.4, 0.5) is 0 Å². The van der Waals surface area contributed by atoms with Gasteiger partial charge in [-0.05, 0) is 57.5 Å². The zero-order chi connectivity index (χ0) is 14.8. The van der Waals surface area contributed by atoms with E-state index >= 15 is 0 Å². The molecule has 1 saturated carbocycles. The summed E-state index contributed by atoms with van der Waals surface area (Å²) in [5, 5.41) is 7.93. The van der Waals surface area contributed by atoms with Crippen molar-refractivity contribution in [2.75, 3.05) is 7.05 Å². The highest BCUT2D eigenvalue weighted by Gasteiger charge is 2.23. The van der Waals surface area contributed by atoms with E-state index in [0.29, 0.717) is 6.10 Å². The topological polar surface area (TPSA) is 39.1 Å². The van der Waals surface area contributed by atoms with Crippen molar-refractivity contribution in [2.45, 2.75) is 45.4 Å². The predicted molar refractivity (Wildman–Crippen MR) is 83.6 cm³/mol. The Balaban J connectivity index is 1.84. The van der Waals surface area contributed by atoms with Gasteiger partial charge in [0, 0.05) is 6.54 Å². The first-order chi connectivity index (χ1) is 10.2. The van der Waals surface area contributed by atoms with Gasteiger partial charge in [-0.2, -0.15) is 5.10 Å². The Kier molecular flexibility index (Phi) is 3.97. The van der Waals surface area contributed by atoms with Gasteiger partial charge in [-0.1, -0.05) is 12.1 Å². The lowest BCUT2D eigenvalue weighted by Crippen LogP contribution is -2.21. The van der Waals surface area contributed by atoms with Gasteiger partial charge in [-0.25, -0.2) is 0 Å². The minimum atomic E-state index is 0.154. The van der Waals surface area contributed by atoms with E-state index in [1.807, 2.05) is 14.0 Å². The van der Waals surface area contributed by atoms with Gasteiger partial charge >= 0.3 is 0 Å². The first kappa shape index (κ1) is 14.1. The molecule has 1 aliphatic carbocycles. The van der Waals surface area contributed by atoms with Crippen molar-refractivity contribution in [3.05, 3.63) is 47.3 Å². The molecular formula is C17H23N3O. The van der Waals surface area contributed by atoms with Crippen molar-refractivity contribution in [3.63, 3.8) is 0 Å². The number of nitrogens with zero attached hydrogens (tertiary/aromatic N) is 2. The van der Waals surface area contributed by atoms with Crippen molar-refractivity contribution in [1.82, 2.24) is 15.1 Å². The highest BCUT2D eigenvalue weighted by atomic mass is 16.5. The summed E-state index contributed by atoms with van der Waals surface area (Å²) in [5.41, 5.74) is 3.49. The maximum absolute atomic E-state index is 5.81. The zero-order valence-corrected chi connectivity index (χ0v) is 13.0. The highest BCUT2D eigenvalue weighted by Crippen LogP contribution is 2.29. The van der Waals surface area contributed by atoms with E-state index in [9.17, 15) is 0 Å². The van der Waals surface area contributed by atoms with Gasteiger partial charge < -0.3 is 10.1 Å². The lowest BCUT2D eigenvalue weighted by atomic mass is 10.0. The Hall–Kier alpha value is -1.81. The maximum atomic E-state index is 5.81. The molecule has 1 N–H and O–H groups in total. The summed E-state index contributed by atoms with van der Waals surface area (Å²) in [7, 11) is 1.99. The molecule has 0 radical (unpaired) electrons. The third kappa shape index (κ3) is 3.10. The van der Waals surface area contributed by atoms with Gasteiger partial charge in [0.1, 0.15) is 5.75 Å². The second-order valence-electron chi connectivity index (χ2n) is 5.63. The average Bonchev–Trinajstić information content (AvgIpc) is 3.23. The minimum Gasteiger partial charge on any atom is -0.490 e. The fourth-order valence-electron chi connectivity index (χ4n) is 2.65. The normalized spacial score (nSPS) is 16.0. The third-order valence-corrected chi connectivity index (χ3v) is 3.86. The summed E-state index contributed by atoms with van der Waals surface area (Å²) >= 11 is 0. The van der Waals surface area contributed by atoms with Gasteiger partial charge in [0.25, 0.3) is 0 Å². The number of ether oxygens (including phenoxy) is 1.